The van der Waals surface area contributed by atoms with Gasteiger partial charge in [-0.15, -0.1) is 11.3 Å². The number of rotatable bonds is 4. The molecule has 2 aromatic rings. The minimum atomic E-state index is -3.40. The second-order valence-corrected chi connectivity index (χ2v) is 7.34. The van der Waals surface area contributed by atoms with Gasteiger partial charge < -0.3 is 5.73 Å². The highest BCUT2D eigenvalue weighted by atomic mass is 35.5. The molecular weight excluding hydrogens is 290 g/mol. The molecule has 0 fully saturated rings. The predicted molar refractivity (Wildman–Crippen MR) is 73.5 cm³/mol. The van der Waals surface area contributed by atoms with Gasteiger partial charge in [0.25, 0.3) is 0 Å². The van der Waals surface area contributed by atoms with E-state index in [1.54, 1.807) is 12.1 Å². The third-order valence-corrected chi connectivity index (χ3v) is 6.19. The Bertz CT molecular complexity index is 606. The van der Waals surface area contributed by atoms with Gasteiger partial charge >= 0.3 is 0 Å². The summed E-state index contributed by atoms with van der Waals surface area (Å²) in [6.45, 7) is 0.311. The van der Waals surface area contributed by atoms with Gasteiger partial charge in [-0.3, -0.25) is 0 Å². The molecule has 0 bridgehead atoms. The first-order chi connectivity index (χ1) is 8.55. The van der Waals surface area contributed by atoms with Crippen molar-refractivity contribution in [2.45, 2.75) is 10.1 Å². The van der Waals surface area contributed by atoms with Crippen molar-refractivity contribution in [3.8, 4) is 0 Å². The molecule has 0 spiro atoms. The lowest BCUT2D eigenvalue weighted by Crippen LogP contribution is -2.54. The molecule has 18 heavy (non-hydrogen) atoms. The molecule has 0 unspecified atom stereocenters. The second kappa shape index (κ2) is 5.40. The van der Waals surface area contributed by atoms with E-state index in [1.807, 2.05) is 17.5 Å². The van der Waals surface area contributed by atoms with Crippen LogP contribution in [0.25, 0.3) is 0 Å². The lowest BCUT2D eigenvalue weighted by atomic mass is 10.3. The molecule has 0 amide bonds. The number of thiophene rings is 1. The highest BCUT2D eigenvalue weighted by Gasteiger charge is 2.30. The van der Waals surface area contributed by atoms with Crippen LogP contribution in [-0.2, 0) is 9.84 Å². The Hall–Kier alpha value is -0.880. The maximum absolute atomic E-state index is 12.5. The number of quaternary nitrogens is 1. The van der Waals surface area contributed by atoms with Crippen LogP contribution in [0.15, 0.2) is 46.7 Å². The number of halogens is 1. The summed E-state index contributed by atoms with van der Waals surface area (Å²) in [5, 5.41) is 1.81. The molecule has 6 heteroatoms. The third-order valence-electron chi connectivity index (χ3n) is 2.64. The van der Waals surface area contributed by atoms with E-state index in [4.69, 9.17) is 11.6 Å². The van der Waals surface area contributed by atoms with E-state index in [1.165, 1.54) is 23.5 Å². The number of sulfone groups is 1. The zero-order valence-electron chi connectivity index (χ0n) is 9.54. The number of hydrogen-bond acceptors (Lipinski definition) is 3. The first kappa shape index (κ1) is 13.5. The number of hydrogen-bond donors (Lipinski definition) is 1. The van der Waals surface area contributed by atoms with Crippen molar-refractivity contribution in [3.63, 3.8) is 0 Å². The fourth-order valence-electron chi connectivity index (χ4n) is 1.71. The Morgan fingerprint density at radius 1 is 1.22 bits per heavy atom. The summed E-state index contributed by atoms with van der Waals surface area (Å²) in [4.78, 5) is 1.11. The molecular formula is C12H13ClNO2S2+. The number of benzene rings is 1. The van der Waals surface area contributed by atoms with Crippen LogP contribution in [0.5, 0.6) is 0 Å². The molecule has 1 atom stereocenters. The van der Waals surface area contributed by atoms with E-state index < -0.39 is 15.1 Å². The standard InChI is InChI=1S/C12H12ClNO2S2/c13-9-3-5-10(6-4-9)18(15,16)12(8-14)11-2-1-7-17-11/h1-7,12H,8,14H2/p+1/t12-/m0/s1. The minimum Gasteiger partial charge on any atom is -0.356 e. The molecule has 3 N–H and O–H groups in total. The summed E-state index contributed by atoms with van der Waals surface area (Å²) >= 11 is 7.20. The summed E-state index contributed by atoms with van der Waals surface area (Å²) in [7, 11) is -3.40. The minimum absolute atomic E-state index is 0.286. The Balaban J connectivity index is 2.44. The summed E-state index contributed by atoms with van der Waals surface area (Å²) in [5.74, 6) is 0. The average molecular weight is 303 g/mol. The van der Waals surface area contributed by atoms with Crippen LogP contribution in [0.3, 0.4) is 0 Å². The van der Waals surface area contributed by atoms with Crippen LogP contribution < -0.4 is 5.73 Å². The van der Waals surface area contributed by atoms with E-state index in [0.717, 1.165) is 4.88 Å². The maximum atomic E-state index is 12.5. The molecule has 2 rings (SSSR count). The topological polar surface area (TPSA) is 61.8 Å². The van der Waals surface area contributed by atoms with E-state index >= 15 is 0 Å². The SMILES string of the molecule is [NH3+]C[C@@H](c1cccs1)S(=O)(=O)c1ccc(Cl)cc1. The van der Waals surface area contributed by atoms with E-state index in [-0.39, 0.29) is 4.90 Å². The zero-order valence-corrected chi connectivity index (χ0v) is 11.9. The molecule has 0 aliphatic heterocycles. The van der Waals surface area contributed by atoms with Gasteiger partial charge in [0.1, 0.15) is 5.25 Å². The Labute approximate surface area is 115 Å². The second-order valence-electron chi connectivity index (χ2n) is 3.79. The van der Waals surface area contributed by atoms with Gasteiger partial charge in [0.15, 0.2) is 9.84 Å². The molecule has 96 valence electrons. The van der Waals surface area contributed by atoms with Crippen LogP contribution in [-0.4, -0.2) is 15.0 Å². The van der Waals surface area contributed by atoms with E-state index in [0.29, 0.717) is 11.6 Å². The largest absolute Gasteiger partial charge is 0.356 e. The first-order valence-electron chi connectivity index (χ1n) is 5.38. The smallest absolute Gasteiger partial charge is 0.191 e. The van der Waals surface area contributed by atoms with Crippen molar-refractivity contribution < 1.29 is 14.2 Å². The van der Waals surface area contributed by atoms with Crippen molar-refractivity contribution in [2.75, 3.05) is 6.54 Å². The maximum Gasteiger partial charge on any atom is 0.191 e. The molecule has 1 aromatic carbocycles. The van der Waals surface area contributed by atoms with Crippen molar-refractivity contribution in [3.05, 3.63) is 51.7 Å². The van der Waals surface area contributed by atoms with Gasteiger partial charge in [0.2, 0.25) is 0 Å². The molecule has 0 saturated heterocycles. The summed E-state index contributed by atoms with van der Waals surface area (Å²) < 4.78 is 25.0. The van der Waals surface area contributed by atoms with Crippen LogP contribution >= 0.6 is 22.9 Å². The van der Waals surface area contributed by atoms with Crippen molar-refractivity contribution in [1.29, 1.82) is 0 Å². The summed E-state index contributed by atoms with van der Waals surface area (Å²) in [6, 6.07) is 9.92. The lowest BCUT2D eigenvalue weighted by Gasteiger charge is -2.12. The van der Waals surface area contributed by atoms with Crippen molar-refractivity contribution in [2.24, 2.45) is 0 Å². The third kappa shape index (κ3) is 2.59. The van der Waals surface area contributed by atoms with Crippen molar-refractivity contribution in [1.82, 2.24) is 0 Å². The van der Waals surface area contributed by atoms with Crippen LogP contribution in [0.2, 0.25) is 5.02 Å². The Morgan fingerprint density at radius 3 is 2.39 bits per heavy atom. The quantitative estimate of drug-likeness (QED) is 0.941. The molecule has 0 saturated carbocycles. The van der Waals surface area contributed by atoms with E-state index in [9.17, 15) is 8.42 Å². The normalized spacial score (nSPS) is 13.4. The highest BCUT2D eigenvalue weighted by molar-refractivity contribution is 7.91. The zero-order chi connectivity index (χ0) is 13.2. The Morgan fingerprint density at radius 2 is 1.89 bits per heavy atom. The summed E-state index contributed by atoms with van der Waals surface area (Å²) in [5.41, 5.74) is 3.75. The van der Waals surface area contributed by atoms with Gasteiger partial charge in [0.05, 0.1) is 11.4 Å². The first-order valence-corrected chi connectivity index (χ1v) is 8.18. The Kier molecular flexibility index (Phi) is 4.07. The van der Waals surface area contributed by atoms with Gasteiger partial charge in [0, 0.05) is 9.90 Å². The van der Waals surface area contributed by atoms with Crippen LogP contribution in [0.1, 0.15) is 10.1 Å². The van der Waals surface area contributed by atoms with Crippen LogP contribution in [0, 0.1) is 0 Å². The summed E-state index contributed by atoms with van der Waals surface area (Å²) in [6.07, 6.45) is 0. The highest BCUT2D eigenvalue weighted by Crippen LogP contribution is 2.30. The monoisotopic (exact) mass is 302 g/mol. The van der Waals surface area contributed by atoms with Gasteiger partial charge in [-0.1, -0.05) is 17.7 Å². The average Bonchev–Trinajstić information content (AvgIpc) is 2.84. The molecule has 0 aliphatic carbocycles. The fraction of sp³-hybridized carbons (Fsp3) is 0.167. The van der Waals surface area contributed by atoms with Crippen molar-refractivity contribution >= 4 is 32.8 Å². The van der Waals surface area contributed by atoms with Gasteiger partial charge in [-0.25, -0.2) is 8.42 Å². The van der Waals surface area contributed by atoms with Crippen LogP contribution in [0.4, 0.5) is 0 Å². The van der Waals surface area contributed by atoms with Gasteiger partial charge in [-0.05, 0) is 35.7 Å². The van der Waals surface area contributed by atoms with E-state index in [2.05, 4.69) is 5.73 Å². The lowest BCUT2D eigenvalue weighted by molar-refractivity contribution is -0.367. The fourth-order valence-corrected chi connectivity index (χ4v) is 4.67. The molecule has 0 radical (unpaired) electrons. The molecule has 1 heterocycles. The predicted octanol–water partition coefficient (Wildman–Crippen LogP) is 2.16. The molecule has 0 aliphatic rings. The molecule has 3 nitrogen and oxygen atoms in total. The molecule has 1 aromatic heterocycles. The van der Waals surface area contributed by atoms with Gasteiger partial charge in [-0.2, -0.15) is 0 Å².